The number of aryl methyl sites for hydroxylation is 1. The van der Waals surface area contributed by atoms with E-state index in [-0.39, 0.29) is 16.9 Å². The van der Waals surface area contributed by atoms with Crippen molar-refractivity contribution in [2.24, 2.45) is 0 Å². The molecule has 2 heterocycles. The van der Waals surface area contributed by atoms with Crippen LogP contribution in [0, 0.1) is 0 Å². The summed E-state index contributed by atoms with van der Waals surface area (Å²) in [5, 5.41) is 3.29. The smallest absolute Gasteiger partial charge is 0.257 e. The first kappa shape index (κ1) is 15.0. The monoisotopic (exact) mass is 307 g/mol. The summed E-state index contributed by atoms with van der Waals surface area (Å²) in [7, 11) is 0. The van der Waals surface area contributed by atoms with Crippen molar-refractivity contribution in [2.45, 2.75) is 19.9 Å². The molecule has 5 nitrogen and oxygen atoms in total. The molecule has 0 aliphatic heterocycles. The fraction of sp³-hybridized carbons (Fsp3) is 0.167. The van der Waals surface area contributed by atoms with Crippen LogP contribution in [0.2, 0.25) is 0 Å². The van der Waals surface area contributed by atoms with Crippen LogP contribution in [0.1, 0.15) is 28.4 Å². The molecule has 0 aliphatic carbocycles. The predicted octanol–water partition coefficient (Wildman–Crippen LogP) is 2.42. The summed E-state index contributed by atoms with van der Waals surface area (Å²) in [6, 6.07) is 9.35. The average Bonchev–Trinajstić information content (AvgIpc) is 2.60. The summed E-state index contributed by atoms with van der Waals surface area (Å²) in [6.07, 6.45) is 5.66. The van der Waals surface area contributed by atoms with Gasteiger partial charge in [0.15, 0.2) is 0 Å². The van der Waals surface area contributed by atoms with Gasteiger partial charge in [-0.25, -0.2) is 0 Å². The first-order valence-electron chi connectivity index (χ1n) is 7.50. The Morgan fingerprint density at radius 2 is 2.13 bits per heavy atom. The van der Waals surface area contributed by atoms with E-state index < -0.39 is 0 Å². The number of benzene rings is 1. The number of pyridine rings is 2. The Hall–Kier alpha value is -2.95. The normalized spacial score (nSPS) is 10.7. The summed E-state index contributed by atoms with van der Waals surface area (Å²) in [5.74, 6) is -0.390. The maximum Gasteiger partial charge on any atom is 0.257 e. The second-order valence-corrected chi connectivity index (χ2v) is 5.31. The van der Waals surface area contributed by atoms with Gasteiger partial charge in [-0.05, 0) is 35.7 Å². The van der Waals surface area contributed by atoms with Crippen LogP contribution in [-0.4, -0.2) is 15.9 Å². The van der Waals surface area contributed by atoms with Gasteiger partial charge in [0.05, 0.1) is 0 Å². The molecule has 0 saturated carbocycles. The average molecular weight is 307 g/mol. The zero-order chi connectivity index (χ0) is 16.2. The summed E-state index contributed by atoms with van der Waals surface area (Å²) < 4.78 is 0. The Morgan fingerprint density at radius 3 is 2.87 bits per heavy atom. The molecule has 0 atom stereocenters. The van der Waals surface area contributed by atoms with E-state index in [0.717, 1.165) is 23.1 Å². The molecule has 23 heavy (non-hydrogen) atoms. The van der Waals surface area contributed by atoms with Crippen molar-refractivity contribution >= 4 is 16.8 Å². The van der Waals surface area contributed by atoms with Crippen LogP contribution in [0.5, 0.6) is 0 Å². The lowest BCUT2D eigenvalue weighted by atomic mass is 10.1. The lowest BCUT2D eigenvalue weighted by Crippen LogP contribution is -2.28. The molecule has 2 N–H and O–H groups in total. The van der Waals surface area contributed by atoms with E-state index in [0.29, 0.717) is 11.9 Å². The van der Waals surface area contributed by atoms with Gasteiger partial charge in [-0.3, -0.25) is 14.6 Å². The molecule has 0 bridgehead atoms. The molecule has 0 fully saturated rings. The van der Waals surface area contributed by atoms with E-state index >= 15 is 0 Å². The van der Waals surface area contributed by atoms with Crippen LogP contribution >= 0.6 is 0 Å². The number of aromatic amines is 1. The van der Waals surface area contributed by atoms with Gasteiger partial charge in [-0.2, -0.15) is 0 Å². The Balaban J connectivity index is 1.88. The molecule has 2 aromatic heterocycles. The number of amides is 1. The Morgan fingerprint density at radius 1 is 1.26 bits per heavy atom. The fourth-order valence-electron chi connectivity index (χ4n) is 2.43. The van der Waals surface area contributed by atoms with E-state index in [2.05, 4.69) is 15.3 Å². The number of nitrogens with zero attached hydrogens (tertiary/aromatic N) is 1. The molecule has 0 aliphatic rings. The van der Waals surface area contributed by atoms with Gasteiger partial charge in [0.1, 0.15) is 5.56 Å². The SMILES string of the molecule is CCc1ccc2[nH]cc(C(=O)NCc3cccnc3)c(=O)c2c1. The summed E-state index contributed by atoms with van der Waals surface area (Å²) in [4.78, 5) is 31.9. The van der Waals surface area contributed by atoms with Crippen LogP contribution in [0.15, 0.2) is 53.7 Å². The number of hydrogen-bond acceptors (Lipinski definition) is 3. The van der Waals surface area contributed by atoms with Crippen LogP contribution < -0.4 is 10.7 Å². The first-order valence-corrected chi connectivity index (χ1v) is 7.50. The second-order valence-electron chi connectivity index (χ2n) is 5.31. The number of aromatic nitrogens is 2. The minimum absolute atomic E-state index is 0.120. The topological polar surface area (TPSA) is 74.8 Å². The van der Waals surface area contributed by atoms with Gasteiger partial charge in [0.25, 0.3) is 5.91 Å². The van der Waals surface area contributed by atoms with Crippen molar-refractivity contribution in [1.29, 1.82) is 0 Å². The molecule has 0 radical (unpaired) electrons. The zero-order valence-electron chi connectivity index (χ0n) is 12.8. The minimum atomic E-state index is -0.390. The quantitative estimate of drug-likeness (QED) is 0.777. The third kappa shape index (κ3) is 3.13. The molecule has 1 aromatic carbocycles. The van der Waals surface area contributed by atoms with Crippen molar-refractivity contribution < 1.29 is 4.79 Å². The summed E-state index contributed by atoms with van der Waals surface area (Å²) in [6.45, 7) is 2.36. The zero-order valence-corrected chi connectivity index (χ0v) is 12.8. The highest BCUT2D eigenvalue weighted by atomic mass is 16.2. The lowest BCUT2D eigenvalue weighted by molar-refractivity contribution is 0.0949. The molecule has 0 unspecified atom stereocenters. The first-order chi connectivity index (χ1) is 11.2. The number of H-pyrrole nitrogens is 1. The molecule has 0 saturated heterocycles. The summed E-state index contributed by atoms with van der Waals surface area (Å²) in [5.41, 5.74) is 2.55. The van der Waals surface area contributed by atoms with Crippen molar-refractivity contribution in [3.63, 3.8) is 0 Å². The van der Waals surface area contributed by atoms with Crippen LogP contribution in [0.25, 0.3) is 10.9 Å². The van der Waals surface area contributed by atoms with Gasteiger partial charge in [-0.1, -0.05) is 19.1 Å². The van der Waals surface area contributed by atoms with Gasteiger partial charge in [-0.15, -0.1) is 0 Å². The Labute approximate surface area is 133 Å². The van der Waals surface area contributed by atoms with E-state index in [1.807, 2.05) is 31.2 Å². The van der Waals surface area contributed by atoms with E-state index in [9.17, 15) is 9.59 Å². The number of hydrogen-bond donors (Lipinski definition) is 2. The molecule has 1 amide bonds. The second kappa shape index (κ2) is 6.44. The van der Waals surface area contributed by atoms with Crippen molar-refractivity contribution in [1.82, 2.24) is 15.3 Å². The number of nitrogens with one attached hydrogen (secondary N) is 2. The maximum atomic E-state index is 12.6. The highest BCUT2D eigenvalue weighted by Crippen LogP contribution is 2.12. The molecule has 3 aromatic rings. The Kier molecular flexibility index (Phi) is 4.19. The van der Waals surface area contributed by atoms with Gasteiger partial charge in [0.2, 0.25) is 5.43 Å². The highest BCUT2D eigenvalue weighted by Gasteiger charge is 2.13. The highest BCUT2D eigenvalue weighted by molar-refractivity contribution is 5.97. The molecule has 0 spiro atoms. The van der Waals surface area contributed by atoms with E-state index in [1.165, 1.54) is 6.20 Å². The molecule has 5 heteroatoms. The number of rotatable bonds is 4. The third-order valence-corrected chi connectivity index (χ3v) is 3.77. The van der Waals surface area contributed by atoms with Crippen molar-refractivity contribution in [2.75, 3.05) is 0 Å². The maximum absolute atomic E-state index is 12.6. The molecule has 3 rings (SSSR count). The minimum Gasteiger partial charge on any atom is -0.360 e. The summed E-state index contributed by atoms with van der Waals surface area (Å²) >= 11 is 0. The number of carbonyl (C=O) groups is 1. The van der Waals surface area contributed by atoms with Gasteiger partial charge < -0.3 is 10.3 Å². The third-order valence-electron chi connectivity index (χ3n) is 3.77. The van der Waals surface area contributed by atoms with Crippen LogP contribution in [0.4, 0.5) is 0 Å². The predicted molar refractivity (Wildman–Crippen MR) is 89.4 cm³/mol. The molecular weight excluding hydrogens is 290 g/mol. The van der Waals surface area contributed by atoms with Gasteiger partial charge >= 0.3 is 0 Å². The molecule has 116 valence electrons. The molecular formula is C18H17N3O2. The van der Waals surface area contributed by atoms with Crippen molar-refractivity contribution in [3.8, 4) is 0 Å². The largest absolute Gasteiger partial charge is 0.360 e. The number of fused-ring (bicyclic) bond motifs is 1. The fourth-order valence-corrected chi connectivity index (χ4v) is 2.43. The Bertz CT molecular complexity index is 901. The lowest BCUT2D eigenvalue weighted by Gasteiger charge is -2.06. The number of carbonyl (C=O) groups excluding carboxylic acids is 1. The van der Waals surface area contributed by atoms with Crippen LogP contribution in [0.3, 0.4) is 0 Å². The van der Waals surface area contributed by atoms with Crippen LogP contribution in [-0.2, 0) is 13.0 Å². The van der Waals surface area contributed by atoms with Gasteiger partial charge in [0, 0.05) is 36.0 Å². The van der Waals surface area contributed by atoms with E-state index in [1.54, 1.807) is 18.5 Å². The van der Waals surface area contributed by atoms with E-state index in [4.69, 9.17) is 0 Å². The van der Waals surface area contributed by atoms with Crippen molar-refractivity contribution in [3.05, 3.63) is 75.8 Å². The standard InChI is InChI=1S/C18H17N3O2/c1-2-12-5-6-16-14(8-12)17(22)15(11-20-16)18(23)21-10-13-4-3-7-19-9-13/h3-9,11H,2,10H2,1H3,(H,20,22)(H,21,23).